The predicted octanol–water partition coefficient (Wildman–Crippen LogP) is 1.36. The minimum absolute atomic E-state index is 0.0653. The zero-order chi connectivity index (χ0) is 9.57. The summed E-state index contributed by atoms with van der Waals surface area (Å²) in [7, 11) is 0. The molecule has 0 spiro atoms. The van der Waals surface area contributed by atoms with Crippen LogP contribution in [0.1, 0.15) is 40.5 Å². The van der Waals surface area contributed by atoms with Crippen LogP contribution in [0.15, 0.2) is 0 Å². The van der Waals surface area contributed by atoms with Crippen molar-refractivity contribution in [2.45, 2.75) is 57.7 Å². The van der Waals surface area contributed by atoms with E-state index in [1.807, 2.05) is 27.7 Å². The molecule has 1 fully saturated rings. The van der Waals surface area contributed by atoms with Crippen molar-refractivity contribution in [1.29, 1.82) is 0 Å². The Labute approximate surface area is 74.5 Å². The first-order valence-electron chi connectivity index (χ1n) is 4.53. The average Bonchev–Trinajstić information content (AvgIpc) is 1.96. The van der Waals surface area contributed by atoms with Crippen molar-refractivity contribution in [2.75, 3.05) is 0 Å². The highest BCUT2D eigenvalue weighted by Gasteiger charge is 2.45. The molecule has 72 valence electrons. The Hall–Kier alpha value is -0.120. The van der Waals surface area contributed by atoms with E-state index in [0.29, 0.717) is 0 Å². The third kappa shape index (κ3) is 1.37. The number of nitrogens with zero attached hydrogens (tertiary/aromatic N) is 1. The van der Waals surface area contributed by atoms with Crippen molar-refractivity contribution in [3.63, 3.8) is 0 Å². The lowest BCUT2D eigenvalue weighted by molar-refractivity contribution is -0.246. The molecular formula is C9H20N2O. The van der Waals surface area contributed by atoms with Gasteiger partial charge in [0, 0.05) is 11.6 Å². The molecule has 3 heteroatoms. The predicted molar refractivity (Wildman–Crippen MR) is 49.0 cm³/mol. The fourth-order valence-corrected chi connectivity index (χ4v) is 1.90. The van der Waals surface area contributed by atoms with Crippen LogP contribution in [0.4, 0.5) is 0 Å². The second-order valence-electron chi connectivity index (χ2n) is 4.92. The standard InChI is InChI=1S/C9H20N2O/c1-8(2)6-5-7(10)9(3,4)11(8)12/h7,12H,5-6,10H2,1-4H3. The molecule has 0 aliphatic carbocycles. The fourth-order valence-electron chi connectivity index (χ4n) is 1.90. The molecule has 0 aromatic carbocycles. The van der Waals surface area contributed by atoms with Gasteiger partial charge in [-0.1, -0.05) is 0 Å². The largest absolute Gasteiger partial charge is 0.326 e. The van der Waals surface area contributed by atoms with Crippen LogP contribution in [0.25, 0.3) is 0 Å². The van der Waals surface area contributed by atoms with Gasteiger partial charge in [-0.25, -0.2) is 0 Å². The Morgan fingerprint density at radius 2 is 1.83 bits per heavy atom. The maximum absolute atomic E-state index is 9.89. The Kier molecular flexibility index (Phi) is 2.23. The van der Waals surface area contributed by atoms with Crippen LogP contribution in [0.3, 0.4) is 0 Å². The molecule has 12 heavy (non-hydrogen) atoms. The Balaban J connectivity index is 2.86. The lowest BCUT2D eigenvalue weighted by Gasteiger charge is -2.51. The fraction of sp³-hybridized carbons (Fsp3) is 1.00. The number of nitrogens with two attached hydrogens (primary N) is 1. The number of rotatable bonds is 0. The number of hydrogen-bond donors (Lipinski definition) is 2. The van der Waals surface area contributed by atoms with E-state index in [-0.39, 0.29) is 17.1 Å². The van der Waals surface area contributed by atoms with Crippen molar-refractivity contribution in [1.82, 2.24) is 5.06 Å². The summed E-state index contributed by atoms with van der Waals surface area (Å²) >= 11 is 0. The highest BCUT2D eigenvalue weighted by molar-refractivity contribution is 4.99. The molecule has 3 N–H and O–H groups in total. The molecule has 0 radical (unpaired) electrons. The van der Waals surface area contributed by atoms with Crippen LogP contribution in [0.2, 0.25) is 0 Å². The van der Waals surface area contributed by atoms with Gasteiger partial charge in [0.05, 0.1) is 5.54 Å². The van der Waals surface area contributed by atoms with Crippen LogP contribution >= 0.6 is 0 Å². The molecule has 1 aliphatic heterocycles. The molecule has 0 saturated carbocycles. The molecule has 0 amide bonds. The Morgan fingerprint density at radius 3 is 2.25 bits per heavy atom. The minimum atomic E-state index is -0.304. The molecule has 1 rings (SSSR count). The monoisotopic (exact) mass is 172 g/mol. The SMILES string of the molecule is CC1(C)CCC(N)C(C)(C)N1O. The molecule has 1 saturated heterocycles. The van der Waals surface area contributed by atoms with Crippen molar-refractivity contribution in [3.8, 4) is 0 Å². The van der Waals surface area contributed by atoms with E-state index in [4.69, 9.17) is 5.73 Å². The van der Waals surface area contributed by atoms with Gasteiger partial charge in [0.25, 0.3) is 0 Å². The van der Waals surface area contributed by atoms with Gasteiger partial charge in [-0.05, 0) is 40.5 Å². The smallest absolute Gasteiger partial charge is 0.0560 e. The maximum Gasteiger partial charge on any atom is 0.0560 e. The topological polar surface area (TPSA) is 49.5 Å². The van der Waals surface area contributed by atoms with Gasteiger partial charge < -0.3 is 10.9 Å². The lowest BCUT2D eigenvalue weighted by Crippen LogP contribution is -2.65. The zero-order valence-electron chi connectivity index (χ0n) is 8.46. The summed E-state index contributed by atoms with van der Waals surface area (Å²) in [5.41, 5.74) is 5.48. The van der Waals surface area contributed by atoms with Gasteiger partial charge in [0.15, 0.2) is 0 Å². The molecule has 3 nitrogen and oxygen atoms in total. The van der Waals surface area contributed by atoms with Crippen molar-refractivity contribution in [3.05, 3.63) is 0 Å². The van der Waals surface area contributed by atoms with E-state index < -0.39 is 0 Å². The molecular weight excluding hydrogens is 152 g/mol. The van der Waals surface area contributed by atoms with Crippen LogP contribution in [0.5, 0.6) is 0 Å². The number of piperidine rings is 1. The van der Waals surface area contributed by atoms with Crippen molar-refractivity contribution >= 4 is 0 Å². The molecule has 0 aromatic heterocycles. The first-order chi connectivity index (χ1) is 5.28. The van der Waals surface area contributed by atoms with Crippen LogP contribution in [-0.4, -0.2) is 27.4 Å². The summed E-state index contributed by atoms with van der Waals surface area (Å²) in [4.78, 5) is 0. The van der Waals surface area contributed by atoms with Crippen molar-refractivity contribution < 1.29 is 5.21 Å². The highest BCUT2D eigenvalue weighted by atomic mass is 16.5. The number of hydrogen-bond acceptors (Lipinski definition) is 3. The van der Waals surface area contributed by atoms with E-state index >= 15 is 0 Å². The first-order valence-corrected chi connectivity index (χ1v) is 4.53. The normalized spacial score (nSPS) is 35.0. The van der Waals surface area contributed by atoms with Gasteiger partial charge in [-0.15, -0.1) is 0 Å². The second-order valence-corrected chi connectivity index (χ2v) is 4.92. The Morgan fingerprint density at radius 1 is 1.33 bits per heavy atom. The summed E-state index contributed by atoms with van der Waals surface area (Å²) in [5, 5.41) is 11.3. The summed E-state index contributed by atoms with van der Waals surface area (Å²) in [5.74, 6) is 0. The summed E-state index contributed by atoms with van der Waals surface area (Å²) < 4.78 is 0. The van der Waals surface area contributed by atoms with Gasteiger partial charge in [-0.2, -0.15) is 5.06 Å². The highest BCUT2D eigenvalue weighted by Crippen LogP contribution is 2.35. The third-order valence-electron chi connectivity index (χ3n) is 3.09. The average molecular weight is 172 g/mol. The van der Waals surface area contributed by atoms with Crippen LogP contribution in [0, 0.1) is 0 Å². The van der Waals surface area contributed by atoms with E-state index in [1.54, 1.807) is 0 Å². The van der Waals surface area contributed by atoms with Gasteiger partial charge >= 0.3 is 0 Å². The minimum Gasteiger partial charge on any atom is -0.326 e. The van der Waals surface area contributed by atoms with Crippen LogP contribution < -0.4 is 5.73 Å². The van der Waals surface area contributed by atoms with E-state index in [9.17, 15) is 5.21 Å². The van der Waals surface area contributed by atoms with Gasteiger partial charge in [-0.3, -0.25) is 0 Å². The van der Waals surface area contributed by atoms with Crippen molar-refractivity contribution in [2.24, 2.45) is 5.73 Å². The van der Waals surface area contributed by atoms with Gasteiger partial charge in [0.2, 0.25) is 0 Å². The third-order valence-corrected chi connectivity index (χ3v) is 3.09. The second kappa shape index (κ2) is 2.69. The molecule has 0 bridgehead atoms. The van der Waals surface area contributed by atoms with E-state index in [2.05, 4.69) is 0 Å². The zero-order valence-corrected chi connectivity index (χ0v) is 8.46. The summed E-state index contributed by atoms with van der Waals surface area (Å²) in [6, 6.07) is 0.0653. The molecule has 0 aromatic rings. The summed E-state index contributed by atoms with van der Waals surface area (Å²) in [6.45, 7) is 8.05. The first kappa shape index (κ1) is 9.96. The molecule has 1 atom stereocenters. The molecule has 1 unspecified atom stereocenters. The summed E-state index contributed by atoms with van der Waals surface area (Å²) in [6.07, 6.45) is 1.94. The quantitative estimate of drug-likeness (QED) is 0.580. The van der Waals surface area contributed by atoms with Crippen LogP contribution in [-0.2, 0) is 0 Å². The molecule has 1 heterocycles. The Bertz CT molecular complexity index is 177. The van der Waals surface area contributed by atoms with E-state index in [0.717, 1.165) is 12.8 Å². The lowest BCUT2D eigenvalue weighted by atomic mass is 9.79. The maximum atomic E-state index is 9.89. The molecule has 1 aliphatic rings. The number of hydroxylamine groups is 2. The van der Waals surface area contributed by atoms with E-state index in [1.165, 1.54) is 5.06 Å². The van der Waals surface area contributed by atoms with Gasteiger partial charge in [0.1, 0.15) is 0 Å².